The molecule has 2 aromatic carbocycles. The molecule has 4 rings (SSSR count). The van der Waals surface area contributed by atoms with Gasteiger partial charge in [0.2, 0.25) is 0 Å². The molecule has 3 aromatic rings. The van der Waals surface area contributed by atoms with Crippen molar-refractivity contribution >= 4 is 50.5 Å². The van der Waals surface area contributed by atoms with Gasteiger partial charge in [-0.1, -0.05) is 30.7 Å². The Labute approximate surface area is 207 Å². The molecule has 2 amide bonds. The first kappa shape index (κ1) is 24.3. The normalized spacial score (nSPS) is 15.3. The first-order valence-corrected chi connectivity index (χ1v) is 13.4. The van der Waals surface area contributed by atoms with E-state index < -0.39 is 21.8 Å². The van der Waals surface area contributed by atoms with Gasteiger partial charge in [0.05, 0.1) is 15.5 Å². The monoisotopic (exact) mass is 517 g/mol. The van der Waals surface area contributed by atoms with Crippen LogP contribution in [-0.4, -0.2) is 27.3 Å². The molecule has 34 heavy (non-hydrogen) atoms. The Hall–Kier alpha value is -2.88. The molecule has 1 atom stereocenters. The first-order chi connectivity index (χ1) is 16.1. The van der Waals surface area contributed by atoms with Crippen LogP contribution in [0.1, 0.15) is 43.8 Å². The minimum Gasteiger partial charge on any atom is -0.269 e. The summed E-state index contributed by atoms with van der Waals surface area (Å²) in [5.41, 5.74) is 6.49. The number of hydrazine groups is 1. The standard InChI is InChI=1S/C24H24ClN3O4S2/c1-15-9-10-21-17(11-15)13-22(33-21)24(30)27-26-23(29)16-5-3-8-20(12-16)34(31,32)28(2)19-7-4-6-18(25)14-19/h3-8,12-15H,9-11H2,1-2H3,(H,26,29)(H,27,30)/t15-/m1/s1. The summed E-state index contributed by atoms with van der Waals surface area (Å²) in [5, 5.41) is 0.407. The molecule has 2 N–H and O–H groups in total. The molecular weight excluding hydrogens is 494 g/mol. The molecule has 1 aliphatic rings. The largest absolute Gasteiger partial charge is 0.279 e. The molecule has 1 heterocycles. The quantitative estimate of drug-likeness (QED) is 0.489. The van der Waals surface area contributed by atoms with Crippen molar-refractivity contribution < 1.29 is 18.0 Å². The number of carbonyl (C=O) groups is 2. The molecule has 0 bridgehead atoms. The maximum Gasteiger partial charge on any atom is 0.279 e. The Morgan fingerprint density at radius 3 is 2.56 bits per heavy atom. The zero-order valence-corrected chi connectivity index (χ0v) is 21.1. The number of nitrogens with one attached hydrogen (secondary N) is 2. The highest BCUT2D eigenvalue weighted by Crippen LogP contribution is 2.32. The van der Waals surface area contributed by atoms with E-state index in [4.69, 9.17) is 11.6 Å². The van der Waals surface area contributed by atoms with Crippen molar-refractivity contribution in [1.29, 1.82) is 0 Å². The second-order valence-electron chi connectivity index (χ2n) is 8.30. The van der Waals surface area contributed by atoms with Crippen LogP contribution in [0.4, 0.5) is 5.69 Å². The number of amides is 2. The molecule has 0 spiro atoms. The second-order valence-corrected chi connectivity index (χ2v) is 11.8. The van der Waals surface area contributed by atoms with Crippen LogP contribution in [0, 0.1) is 5.92 Å². The Balaban J connectivity index is 1.45. The second kappa shape index (κ2) is 9.77. The third-order valence-corrected chi connectivity index (χ3v) is 9.02. The maximum atomic E-state index is 13.1. The highest BCUT2D eigenvalue weighted by molar-refractivity contribution is 7.92. The summed E-state index contributed by atoms with van der Waals surface area (Å²) in [6.07, 6.45) is 3.03. The van der Waals surface area contributed by atoms with Gasteiger partial charge in [-0.05, 0) is 73.2 Å². The number of carbonyl (C=O) groups excluding carboxylic acids is 2. The summed E-state index contributed by atoms with van der Waals surface area (Å²) in [5.74, 6) is -0.421. The number of thiophene rings is 1. The lowest BCUT2D eigenvalue weighted by Gasteiger charge is -2.20. The van der Waals surface area contributed by atoms with Crippen LogP contribution in [0.5, 0.6) is 0 Å². The number of anilines is 1. The fourth-order valence-corrected chi connectivity index (χ4v) is 6.35. The first-order valence-electron chi connectivity index (χ1n) is 10.7. The summed E-state index contributed by atoms with van der Waals surface area (Å²) in [7, 11) is -2.52. The van der Waals surface area contributed by atoms with Gasteiger partial charge in [-0.15, -0.1) is 11.3 Å². The molecule has 178 valence electrons. The molecule has 1 aliphatic carbocycles. The van der Waals surface area contributed by atoms with E-state index in [0.29, 0.717) is 21.5 Å². The van der Waals surface area contributed by atoms with Crippen molar-refractivity contribution in [2.45, 2.75) is 31.1 Å². The fraction of sp³-hybridized carbons (Fsp3) is 0.250. The van der Waals surface area contributed by atoms with E-state index in [0.717, 1.165) is 23.6 Å². The number of sulfonamides is 1. The molecule has 0 aliphatic heterocycles. The van der Waals surface area contributed by atoms with Gasteiger partial charge in [-0.2, -0.15) is 0 Å². The average Bonchev–Trinajstić information content (AvgIpc) is 3.25. The highest BCUT2D eigenvalue weighted by Gasteiger charge is 2.24. The molecule has 10 heteroatoms. The zero-order valence-electron chi connectivity index (χ0n) is 18.7. The van der Waals surface area contributed by atoms with Crippen molar-refractivity contribution in [2.75, 3.05) is 11.4 Å². The van der Waals surface area contributed by atoms with Crippen molar-refractivity contribution in [1.82, 2.24) is 10.9 Å². The Kier molecular flexibility index (Phi) is 6.97. The summed E-state index contributed by atoms with van der Waals surface area (Å²) < 4.78 is 27.2. The van der Waals surface area contributed by atoms with E-state index in [1.54, 1.807) is 18.2 Å². The number of halogens is 1. The third kappa shape index (κ3) is 5.11. The summed E-state index contributed by atoms with van der Waals surface area (Å²) in [6.45, 7) is 2.20. The Morgan fingerprint density at radius 2 is 1.79 bits per heavy atom. The number of benzene rings is 2. The average molecular weight is 518 g/mol. The van der Waals surface area contributed by atoms with E-state index in [-0.39, 0.29) is 10.5 Å². The van der Waals surface area contributed by atoms with Gasteiger partial charge in [-0.3, -0.25) is 24.7 Å². The van der Waals surface area contributed by atoms with Gasteiger partial charge >= 0.3 is 0 Å². The predicted octanol–water partition coefficient (Wildman–Crippen LogP) is 4.43. The van der Waals surface area contributed by atoms with Gasteiger partial charge in [0.15, 0.2) is 0 Å². The molecule has 0 saturated heterocycles. The number of hydrogen-bond donors (Lipinski definition) is 2. The molecule has 0 radical (unpaired) electrons. The Morgan fingerprint density at radius 1 is 1.06 bits per heavy atom. The van der Waals surface area contributed by atoms with Crippen LogP contribution in [0.2, 0.25) is 5.02 Å². The Bertz CT molecular complexity index is 1350. The molecule has 0 unspecified atom stereocenters. The third-order valence-electron chi connectivity index (χ3n) is 5.77. The van der Waals surface area contributed by atoms with Crippen LogP contribution in [0.15, 0.2) is 59.5 Å². The highest BCUT2D eigenvalue weighted by atomic mass is 35.5. The molecule has 1 aromatic heterocycles. The predicted molar refractivity (Wildman–Crippen MR) is 134 cm³/mol. The number of nitrogens with zero attached hydrogens (tertiary/aromatic N) is 1. The van der Waals surface area contributed by atoms with Gasteiger partial charge < -0.3 is 0 Å². The van der Waals surface area contributed by atoms with Crippen molar-refractivity contribution in [2.24, 2.45) is 5.92 Å². The number of hydrogen-bond acceptors (Lipinski definition) is 5. The lowest BCUT2D eigenvalue weighted by atomic mass is 9.90. The van der Waals surface area contributed by atoms with Gasteiger partial charge in [-0.25, -0.2) is 8.42 Å². The fourth-order valence-electron chi connectivity index (χ4n) is 3.83. The van der Waals surface area contributed by atoms with E-state index >= 15 is 0 Å². The van der Waals surface area contributed by atoms with Crippen LogP contribution in [0.25, 0.3) is 0 Å². The number of aryl methyl sites for hydroxylation is 1. The topological polar surface area (TPSA) is 95.6 Å². The number of rotatable bonds is 5. The van der Waals surface area contributed by atoms with Gasteiger partial charge in [0.25, 0.3) is 21.8 Å². The summed E-state index contributed by atoms with van der Waals surface area (Å²) in [4.78, 5) is 26.9. The van der Waals surface area contributed by atoms with Crippen LogP contribution < -0.4 is 15.2 Å². The van der Waals surface area contributed by atoms with E-state index in [1.807, 2.05) is 6.07 Å². The van der Waals surface area contributed by atoms with E-state index in [2.05, 4.69) is 17.8 Å². The van der Waals surface area contributed by atoms with Crippen LogP contribution >= 0.6 is 22.9 Å². The van der Waals surface area contributed by atoms with Gasteiger partial charge in [0, 0.05) is 22.5 Å². The summed E-state index contributed by atoms with van der Waals surface area (Å²) >= 11 is 7.43. The number of fused-ring (bicyclic) bond motifs is 1. The maximum absolute atomic E-state index is 13.1. The van der Waals surface area contributed by atoms with Crippen molar-refractivity contribution in [3.05, 3.63) is 80.5 Å². The van der Waals surface area contributed by atoms with Gasteiger partial charge in [0.1, 0.15) is 0 Å². The molecule has 0 fully saturated rings. The molecule has 7 nitrogen and oxygen atoms in total. The molecule has 0 saturated carbocycles. The molecular formula is C24H24ClN3O4S2. The van der Waals surface area contributed by atoms with Crippen LogP contribution in [0.3, 0.4) is 0 Å². The van der Waals surface area contributed by atoms with Crippen molar-refractivity contribution in [3.8, 4) is 0 Å². The van der Waals surface area contributed by atoms with E-state index in [1.165, 1.54) is 59.2 Å². The SMILES string of the molecule is C[C@@H]1CCc2sc(C(=O)NNC(=O)c3cccc(S(=O)(=O)N(C)c4cccc(Cl)c4)c3)cc2C1. The van der Waals surface area contributed by atoms with E-state index in [9.17, 15) is 18.0 Å². The van der Waals surface area contributed by atoms with Crippen LogP contribution in [-0.2, 0) is 22.9 Å². The minimum atomic E-state index is -3.94. The zero-order chi connectivity index (χ0) is 24.5. The summed E-state index contributed by atoms with van der Waals surface area (Å²) in [6, 6.07) is 14.0. The lowest BCUT2D eigenvalue weighted by Crippen LogP contribution is -2.41. The lowest BCUT2D eigenvalue weighted by molar-refractivity contribution is 0.0848. The smallest absolute Gasteiger partial charge is 0.269 e. The minimum absolute atomic E-state index is 0.0611. The van der Waals surface area contributed by atoms with Crippen molar-refractivity contribution in [3.63, 3.8) is 0 Å².